The van der Waals surface area contributed by atoms with Crippen LogP contribution in [0.25, 0.3) is 0 Å². The van der Waals surface area contributed by atoms with Gasteiger partial charge in [-0.05, 0) is 37.1 Å². The van der Waals surface area contributed by atoms with Crippen molar-refractivity contribution in [2.24, 2.45) is 0 Å². The van der Waals surface area contributed by atoms with E-state index < -0.39 is 11.6 Å². The van der Waals surface area contributed by atoms with Crippen LogP contribution in [0.2, 0.25) is 0 Å². The number of halogens is 3. The fraction of sp³-hybridized carbons (Fsp3) is 0.500. The maximum atomic E-state index is 12.8. The molecule has 1 aromatic rings. The molecule has 0 heterocycles. The first-order chi connectivity index (χ1) is 7.74. The fourth-order valence-corrected chi connectivity index (χ4v) is 1.59. The summed E-state index contributed by atoms with van der Waals surface area (Å²) >= 11 is 5.54. The second-order valence-electron chi connectivity index (χ2n) is 3.67. The standard InChI is InChI=1S/C12H16ClF2N/c13-6-2-1-3-7-16-9-10-4-5-11(14)12(15)8-10/h4-5,8,16H,1-3,6-7,9H2. The molecule has 0 radical (unpaired) electrons. The van der Waals surface area contributed by atoms with Gasteiger partial charge < -0.3 is 5.32 Å². The van der Waals surface area contributed by atoms with Gasteiger partial charge in [0.25, 0.3) is 0 Å². The first kappa shape index (κ1) is 13.4. The van der Waals surface area contributed by atoms with Crippen LogP contribution in [0.15, 0.2) is 18.2 Å². The molecule has 0 aliphatic heterocycles. The third-order valence-corrected chi connectivity index (χ3v) is 2.57. The topological polar surface area (TPSA) is 12.0 Å². The zero-order chi connectivity index (χ0) is 11.8. The molecule has 1 nitrogen and oxygen atoms in total. The van der Waals surface area contributed by atoms with Crippen molar-refractivity contribution in [2.75, 3.05) is 12.4 Å². The maximum absolute atomic E-state index is 12.8. The first-order valence-electron chi connectivity index (χ1n) is 5.44. The predicted octanol–water partition coefficient (Wildman–Crippen LogP) is 3.46. The van der Waals surface area contributed by atoms with Crippen LogP contribution >= 0.6 is 11.6 Å². The van der Waals surface area contributed by atoms with Crippen LogP contribution in [0, 0.1) is 11.6 Å². The summed E-state index contributed by atoms with van der Waals surface area (Å²) in [5, 5.41) is 3.18. The molecule has 0 amide bonds. The van der Waals surface area contributed by atoms with Crippen LogP contribution in [0.4, 0.5) is 8.78 Å². The number of rotatable bonds is 7. The Balaban J connectivity index is 2.19. The van der Waals surface area contributed by atoms with Crippen LogP contribution in [-0.4, -0.2) is 12.4 Å². The van der Waals surface area contributed by atoms with E-state index in [9.17, 15) is 8.78 Å². The maximum Gasteiger partial charge on any atom is 0.159 e. The van der Waals surface area contributed by atoms with Crippen molar-refractivity contribution in [3.05, 3.63) is 35.4 Å². The lowest BCUT2D eigenvalue weighted by atomic mass is 10.2. The Kier molecular flexibility index (Phi) is 6.34. The molecule has 0 saturated heterocycles. The Morgan fingerprint density at radius 3 is 2.56 bits per heavy atom. The van der Waals surface area contributed by atoms with Gasteiger partial charge in [0.1, 0.15) is 0 Å². The number of hydrogen-bond acceptors (Lipinski definition) is 1. The van der Waals surface area contributed by atoms with E-state index in [2.05, 4.69) is 5.32 Å². The minimum absolute atomic E-state index is 0.568. The smallest absolute Gasteiger partial charge is 0.159 e. The molecule has 4 heteroatoms. The Morgan fingerprint density at radius 2 is 1.88 bits per heavy atom. The summed E-state index contributed by atoms with van der Waals surface area (Å²) in [6.45, 7) is 1.44. The van der Waals surface area contributed by atoms with Crippen LogP contribution in [0.5, 0.6) is 0 Å². The molecule has 0 saturated carbocycles. The highest BCUT2D eigenvalue weighted by molar-refractivity contribution is 6.17. The molecular formula is C12H16ClF2N. The molecule has 16 heavy (non-hydrogen) atoms. The molecule has 0 unspecified atom stereocenters. The summed E-state index contributed by atoms with van der Waals surface area (Å²) in [7, 11) is 0. The number of unbranched alkanes of at least 4 members (excludes halogenated alkanes) is 2. The molecule has 90 valence electrons. The van der Waals surface area contributed by atoms with Crippen molar-refractivity contribution >= 4 is 11.6 Å². The Bertz CT molecular complexity index is 318. The van der Waals surface area contributed by atoms with Crippen molar-refractivity contribution < 1.29 is 8.78 Å². The van der Waals surface area contributed by atoms with Gasteiger partial charge >= 0.3 is 0 Å². The van der Waals surface area contributed by atoms with Gasteiger partial charge in [-0.3, -0.25) is 0 Å². The summed E-state index contributed by atoms with van der Waals surface area (Å²) in [5.41, 5.74) is 0.760. The molecule has 1 aromatic carbocycles. The molecule has 0 bridgehead atoms. The van der Waals surface area contributed by atoms with Crippen molar-refractivity contribution in [3.63, 3.8) is 0 Å². The lowest BCUT2D eigenvalue weighted by Crippen LogP contribution is -2.14. The highest BCUT2D eigenvalue weighted by Gasteiger charge is 2.01. The van der Waals surface area contributed by atoms with Gasteiger partial charge in [-0.25, -0.2) is 8.78 Å². The Labute approximate surface area is 99.8 Å². The van der Waals surface area contributed by atoms with Gasteiger partial charge in [0.05, 0.1) is 0 Å². The summed E-state index contributed by atoms with van der Waals surface area (Å²) in [5.74, 6) is -0.893. The summed E-state index contributed by atoms with van der Waals surface area (Å²) in [6, 6.07) is 3.96. The molecule has 1 rings (SSSR count). The quantitative estimate of drug-likeness (QED) is 0.575. The van der Waals surface area contributed by atoms with E-state index in [1.807, 2.05) is 0 Å². The average Bonchev–Trinajstić information content (AvgIpc) is 2.28. The molecule has 0 spiro atoms. The van der Waals surface area contributed by atoms with Crippen LogP contribution < -0.4 is 5.32 Å². The highest BCUT2D eigenvalue weighted by atomic mass is 35.5. The Hall–Kier alpha value is -0.670. The van der Waals surface area contributed by atoms with Crippen molar-refractivity contribution in [3.8, 4) is 0 Å². The van der Waals surface area contributed by atoms with E-state index in [4.69, 9.17) is 11.6 Å². The number of hydrogen-bond donors (Lipinski definition) is 1. The highest BCUT2D eigenvalue weighted by Crippen LogP contribution is 2.08. The fourth-order valence-electron chi connectivity index (χ4n) is 1.40. The average molecular weight is 248 g/mol. The monoisotopic (exact) mass is 247 g/mol. The lowest BCUT2D eigenvalue weighted by Gasteiger charge is -2.04. The molecule has 1 N–H and O–H groups in total. The zero-order valence-electron chi connectivity index (χ0n) is 9.11. The van der Waals surface area contributed by atoms with Crippen molar-refractivity contribution in [1.82, 2.24) is 5.32 Å². The molecule has 0 atom stereocenters. The molecular weight excluding hydrogens is 232 g/mol. The van der Waals surface area contributed by atoms with Crippen molar-refractivity contribution in [1.29, 1.82) is 0 Å². The van der Waals surface area contributed by atoms with E-state index in [1.165, 1.54) is 6.07 Å². The van der Waals surface area contributed by atoms with Gasteiger partial charge in [-0.1, -0.05) is 12.5 Å². The summed E-state index contributed by atoms with van der Waals surface area (Å²) < 4.78 is 25.5. The summed E-state index contributed by atoms with van der Waals surface area (Å²) in [6.07, 6.45) is 3.17. The van der Waals surface area contributed by atoms with E-state index in [0.29, 0.717) is 12.4 Å². The van der Waals surface area contributed by atoms with Crippen LogP contribution in [0.1, 0.15) is 24.8 Å². The van der Waals surface area contributed by atoms with Crippen LogP contribution in [-0.2, 0) is 6.54 Å². The normalized spacial score (nSPS) is 10.7. The minimum atomic E-state index is -0.800. The summed E-state index contributed by atoms with van der Waals surface area (Å²) in [4.78, 5) is 0. The SMILES string of the molecule is Fc1ccc(CNCCCCCCl)cc1F. The zero-order valence-corrected chi connectivity index (χ0v) is 9.86. The van der Waals surface area contributed by atoms with E-state index in [1.54, 1.807) is 6.07 Å². The van der Waals surface area contributed by atoms with E-state index >= 15 is 0 Å². The molecule has 0 aliphatic rings. The molecule has 0 aliphatic carbocycles. The second kappa shape index (κ2) is 7.58. The largest absolute Gasteiger partial charge is 0.313 e. The van der Waals surface area contributed by atoms with Crippen molar-refractivity contribution in [2.45, 2.75) is 25.8 Å². The van der Waals surface area contributed by atoms with Crippen LogP contribution in [0.3, 0.4) is 0 Å². The van der Waals surface area contributed by atoms with Gasteiger partial charge in [0.2, 0.25) is 0 Å². The van der Waals surface area contributed by atoms with Gasteiger partial charge in [-0.15, -0.1) is 11.6 Å². The number of nitrogens with one attached hydrogen (secondary N) is 1. The molecule has 0 aromatic heterocycles. The third-order valence-electron chi connectivity index (χ3n) is 2.30. The minimum Gasteiger partial charge on any atom is -0.313 e. The van der Waals surface area contributed by atoms with Gasteiger partial charge in [0, 0.05) is 12.4 Å². The van der Waals surface area contributed by atoms with E-state index in [0.717, 1.165) is 37.4 Å². The Morgan fingerprint density at radius 1 is 1.06 bits per heavy atom. The predicted molar refractivity (Wildman–Crippen MR) is 62.6 cm³/mol. The van der Waals surface area contributed by atoms with Gasteiger partial charge in [-0.2, -0.15) is 0 Å². The number of benzene rings is 1. The number of alkyl halides is 1. The van der Waals surface area contributed by atoms with E-state index in [-0.39, 0.29) is 0 Å². The molecule has 0 fully saturated rings. The third kappa shape index (κ3) is 4.90. The first-order valence-corrected chi connectivity index (χ1v) is 5.98. The van der Waals surface area contributed by atoms with Gasteiger partial charge in [0.15, 0.2) is 11.6 Å². The second-order valence-corrected chi connectivity index (χ2v) is 4.05. The lowest BCUT2D eigenvalue weighted by molar-refractivity contribution is 0.505.